The molecule has 1 saturated carbocycles. The Balaban J connectivity index is 2.91. The fraction of sp³-hybridized carbons (Fsp3) is 0.923. The van der Waals surface area contributed by atoms with Crippen molar-refractivity contribution >= 4 is 5.97 Å². The van der Waals surface area contributed by atoms with Crippen molar-refractivity contribution in [2.45, 2.75) is 65.5 Å². The van der Waals surface area contributed by atoms with Gasteiger partial charge in [-0.15, -0.1) is 0 Å². The van der Waals surface area contributed by atoms with E-state index < -0.39 is 11.5 Å². The molecule has 1 rings (SSSR count). The van der Waals surface area contributed by atoms with Crippen molar-refractivity contribution in [2.24, 2.45) is 11.3 Å². The van der Waals surface area contributed by atoms with Gasteiger partial charge in [-0.2, -0.15) is 0 Å². The summed E-state index contributed by atoms with van der Waals surface area (Å²) in [5.74, 6) is -0.514. The highest BCUT2D eigenvalue weighted by Gasteiger charge is 2.49. The molecule has 0 aromatic carbocycles. The lowest BCUT2D eigenvalue weighted by Crippen LogP contribution is -2.61. The minimum atomic E-state index is -0.719. The van der Waals surface area contributed by atoms with Gasteiger partial charge >= 0.3 is 5.97 Å². The van der Waals surface area contributed by atoms with E-state index in [0.29, 0.717) is 0 Å². The number of carbonyl (C=O) groups is 1. The van der Waals surface area contributed by atoms with Gasteiger partial charge in [0, 0.05) is 6.04 Å². The molecule has 0 bridgehead atoms. The van der Waals surface area contributed by atoms with E-state index in [1.54, 1.807) is 0 Å². The van der Waals surface area contributed by atoms with Crippen molar-refractivity contribution in [2.75, 3.05) is 0 Å². The van der Waals surface area contributed by atoms with Gasteiger partial charge in [0.2, 0.25) is 0 Å². The second kappa shape index (κ2) is 4.36. The summed E-state index contributed by atoms with van der Waals surface area (Å²) in [6.45, 7) is 10.5. The summed E-state index contributed by atoms with van der Waals surface area (Å²) in [6, 6.07) is 0.208. The van der Waals surface area contributed by atoms with Gasteiger partial charge in [0.15, 0.2) is 0 Å². The quantitative estimate of drug-likeness (QED) is 0.779. The molecule has 0 spiro atoms. The fourth-order valence-corrected chi connectivity index (χ4v) is 3.00. The van der Waals surface area contributed by atoms with E-state index in [4.69, 9.17) is 0 Å². The molecule has 0 aliphatic heterocycles. The van der Waals surface area contributed by atoms with Crippen molar-refractivity contribution in [3.8, 4) is 0 Å². The predicted octanol–water partition coefficient (Wildman–Crippen LogP) is 2.65. The third-order valence-corrected chi connectivity index (χ3v) is 3.82. The fourth-order valence-electron chi connectivity index (χ4n) is 3.00. The number of aliphatic carboxylic acids is 1. The van der Waals surface area contributed by atoms with Crippen LogP contribution >= 0.6 is 0 Å². The first-order valence-electron chi connectivity index (χ1n) is 6.21. The van der Waals surface area contributed by atoms with Gasteiger partial charge in [-0.25, -0.2) is 0 Å². The van der Waals surface area contributed by atoms with Crippen LogP contribution in [0.4, 0.5) is 0 Å². The minimum absolute atomic E-state index is 0.177. The largest absolute Gasteiger partial charge is 0.480 e. The normalized spacial score (nSPS) is 34.0. The van der Waals surface area contributed by atoms with Gasteiger partial charge in [-0.1, -0.05) is 20.8 Å². The molecule has 3 nitrogen and oxygen atoms in total. The first-order chi connectivity index (χ1) is 7.19. The average Bonchev–Trinajstić information content (AvgIpc) is 2.08. The Labute approximate surface area is 98.6 Å². The molecule has 1 fully saturated rings. The van der Waals surface area contributed by atoms with Gasteiger partial charge in [-0.3, -0.25) is 10.1 Å². The smallest absolute Gasteiger partial charge is 0.324 e. The van der Waals surface area contributed by atoms with E-state index in [1.807, 2.05) is 13.8 Å². The highest BCUT2D eigenvalue weighted by Crippen LogP contribution is 2.44. The first kappa shape index (κ1) is 13.5. The summed E-state index contributed by atoms with van der Waals surface area (Å²) in [7, 11) is 0. The molecule has 94 valence electrons. The molecule has 2 atom stereocenters. The number of rotatable bonds is 3. The van der Waals surface area contributed by atoms with Crippen molar-refractivity contribution in [3.63, 3.8) is 0 Å². The second-order valence-electron chi connectivity index (χ2n) is 6.34. The summed E-state index contributed by atoms with van der Waals surface area (Å²) in [5, 5.41) is 12.8. The molecule has 0 radical (unpaired) electrons. The molecule has 2 unspecified atom stereocenters. The van der Waals surface area contributed by atoms with Crippen molar-refractivity contribution in [1.29, 1.82) is 0 Å². The number of carboxylic acid groups (broad SMARTS) is 1. The molecule has 1 aliphatic rings. The third kappa shape index (κ3) is 2.57. The zero-order chi connectivity index (χ0) is 12.6. The van der Waals surface area contributed by atoms with Crippen LogP contribution in [0.5, 0.6) is 0 Å². The Bertz CT molecular complexity index is 273. The molecule has 2 N–H and O–H groups in total. The standard InChI is InChI=1S/C13H25NO2/c1-9(2)14-13(11(15)16)7-6-12(4,5)8-10(13)3/h9-10,14H,6-8H2,1-5H3,(H,15,16). The van der Waals surface area contributed by atoms with E-state index in [9.17, 15) is 9.90 Å². The van der Waals surface area contributed by atoms with Gasteiger partial charge in [-0.05, 0) is 44.4 Å². The topological polar surface area (TPSA) is 49.3 Å². The summed E-state index contributed by atoms with van der Waals surface area (Å²) in [5.41, 5.74) is -0.444. The van der Waals surface area contributed by atoms with Crippen LogP contribution in [0.3, 0.4) is 0 Å². The maximum Gasteiger partial charge on any atom is 0.324 e. The number of hydrogen-bond donors (Lipinski definition) is 2. The highest BCUT2D eigenvalue weighted by atomic mass is 16.4. The monoisotopic (exact) mass is 227 g/mol. The van der Waals surface area contributed by atoms with Crippen molar-refractivity contribution in [1.82, 2.24) is 5.32 Å². The van der Waals surface area contributed by atoms with Crippen LogP contribution in [0.2, 0.25) is 0 Å². The molecule has 0 saturated heterocycles. The zero-order valence-electron chi connectivity index (χ0n) is 11.1. The van der Waals surface area contributed by atoms with Gasteiger partial charge in [0.25, 0.3) is 0 Å². The van der Waals surface area contributed by atoms with Crippen LogP contribution in [0.1, 0.15) is 53.9 Å². The molecule has 0 aromatic heterocycles. The average molecular weight is 227 g/mol. The Kier molecular flexibility index (Phi) is 3.68. The van der Waals surface area contributed by atoms with Crippen LogP contribution in [-0.4, -0.2) is 22.7 Å². The lowest BCUT2D eigenvalue weighted by atomic mass is 9.63. The van der Waals surface area contributed by atoms with Gasteiger partial charge < -0.3 is 5.11 Å². The van der Waals surface area contributed by atoms with E-state index in [-0.39, 0.29) is 17.4 Å². The Morgan fingerprint density at radius 2 is 1.94 bits per heavy atom. The maximum absolute atomic E-state index is 11.6. The van der Waals surface area contributed by atoms with Gasteiger partial charge in [0.05, 0.1) is 0 Å². The summed E-state index contributed by atoms with van der Waals surface area (Å²) in [4.78, 5) is 11.6. The lowest BCUT2D eigenvalue weighted by molar-refractivity contribution is -0.151. The molecule has 0 heterocycles. The summed E-state index contributed by atoms with van der Waals surface area (Å²) >= 11 is 0. The van der Waals surface area contributed by atoms with Crippen molar-refractivity contribution < 1.29 is 9.90 Å². The molecule has 3 heteroatoms. The molecule has 1 aliphatic carbocycles. The van der Waals surface area contributed by atoms with E-state index in [0.717, 1.165) is 19.3 Å². The second-order valence-corrected chi connectivity index (χ2v) is 6.34. The summed E-state index contributed by atoms with van der Waals surface area (Å²) in [6.07, 6.45) is 2.68. The Morgan fingerprint density at radius 1 is 1.38 bits per heavy atom. The van der Waals surface area contributed by atoms with Crippen LogP contribution in [-0.2, 0) is 4.79 Å². The molecular weight excluding hydrogens is 202 g/mol. The zero-order valence-corrected chi connectivity index (χ0v) is 11.1. The Hall–Kier alpha value is -0.570. The van der Waals surface area contributed by atoms with E-state index >= 15 is 0 Å². The minimum Gasteiger partial charge on any atom is -0.480 e. The van der Waals surface area contributed by atoms with Crippen LogP contribution in [0, 0.1) is 11.3 Å². The maximum atomic E-state index is 11.6. The number of carboxylic acids is 1. The molecule has 0 amide bonds. The van der Waals surface area contributed by atoms with Gasteiger partial charge in [0.1, 0.15) is 5.54 Å². The molecule has 16 heavy (non-hydrogen) atoms. The van der Waals surface area contributed by atoms with Crippen LogP contribution in [0.15, 0.2) is 0 Å². The van der Waals surface area contributed by atoms with E-state index in [2.05, 4.69) is 26.1 Å². The predicted molar refractivity (Wildman–Crippen MR) is 65.4 cm³/mol. The van der Waals surface area contributed by atoms with Crippen LogP contribution in [0.25, 0.3) is 0 Å². The van der Waals surface area contributed by atoms with Crippen LogP contribution < -0.4 is 5.32 Å². The van der Waals surface area contributed by atoms with Crippen molar-refractivity contribution in [3.05, 3.63) is 0 Å². The highest BCUT2D eigenvalue weighted by molar-refractivity contribution is 5.79. The number of hydrogen-bond acceptors (Lipinski definition) is 2. The molecule has 0 aromatic rings. The summed E-state index contributed by atoms with van der Waals surface area (Å²) < 4.78 is 0. The molecular formula is C13H25NO2. The Morgan fingerprint density at radius 3 is 2.31 bits per heavy atom. The van der Waals surface area contributed by atoms with E-state index in [1.165, 1.54) is 0 Å². The lowest BCUT2D eigenvalue weighted by Gasteiger charge is -2.47. The SMILES string of the molecule is CC(C)NC1(C(=O)O)CCC(C)(C)CC1C. The third-order valence-electron chi connectivity index (χ3n) is 3.82. The number of nitrogens with one attached hydrogen (secondary N) is 1. The first-order valence-corrected chi connectivity index (χ1v) is 6.21.